The molecule has 3 aromatic carbocycles. The zero-order chi connectivity index (χ0) is 23.3. The molecule has 4 rings (SSSR count). The zero-order valence-corrected chi connectivity index (χ0v) is 18.9. The molecule has 0 aliphatic carbocycles. The second-order valence-corrected chi connectivity index (χ2v) is 9.25. The number of anilines is 2. The average Bonchev–Trinajstić information content (AvgIpc) is 3.33. The van der Waals surface area contributed by atoms with E-state index >= 15 is 0 Å². The average molecular weight is 461 g/mol. The highest BCUT2D eigenvalue weighted by Gasteiger charge is 2.24. The van der Waals surface area contributed by atoms with Crippen LogP contribution in [0.15, 0.2) is 102 Å². The number of aromatic nitrogens is 2. The van der Waals surface area contributed by atoms with Crippen molar-refractivity contribution in [2.75, 3.05) is 16.2 Å². The van der Waals surface area contributed by atoms with Crippen LogP contribution in [-0.4, -0.2) is 30.7 Å². The van der Waals surface area contributed by atoms with Gasteiger partial charge >= 0.3 is 0 Å². The molecule has 33 heavy (non-hydrogen) atoms. The van der Waals surface area contributed by atoms with Crippen LogP contribution in [0.25, 0.3) is 0 Å². The Kier molecular flexibility index (Phi) is 6.55. The van der Waals surface area contributed by atoms with Crippen molar-refractivity contribution in [3.05, 3.63) is 108 Å². The molecule has 1 N–H and O–H groups in total. The van der Waals surface area contributed by atoms with Gasteiger partial charge in [-0.25, -0.2) is 8.42 Å². The molecule has 0 atom stereocenters. The third-order valence-electron chi connectivity index (χ3n) is 5.10. The summed E-state index contributed by atoms with van der Waals surface area (Å²) in [5.41, 5.74) is 2.44. The summed E-state index contributed by atoms with van der Waals surface area (Å²) in [4.78, 5) is 13.0. The maximum absolute atomic E-state index is 13.3. The highest BCUT2D eigenvalue weighted by Crippen LogP contribution is 2.24. The van der Waals surface area contributed by atoms with Crippen molar-refractivity contribution in [1.29, 1.82) is 0 Å². The number of nitrogens with zero attached hydrogens (tertiary/aromatic N) is 3. The Morgan fingerprint density at radius 1 is 0.970 bits per heavy atom. The van der Waals surface area contributed by atoms with Gasteiger partial charge in [0.15, 0.2) is 0 Å². The molecule has 0 saturated heterocycles. The zero-order valence-electron chi connectivity index (χ0n) is 18.1. The van der Waals surface area contributed by atoms with E-state index < -0.39 is 10.0 Å². The Balaban J connectivity index is 1.54. The van der Waals surface area contributed by atoms with E-state index in [9.17, 15) is 13.2 Å². The smallest absolute Gasteiger partial charge is 0.264 e. The molecule has 0 saturated carbocycles. The summed E-state index contributed by atoms with van der Waals surface area (Å²) in [6.07, 6.45) is 3.58. The first-order chi connectivity index (χ1) is 16.0. The van der Waals surface area contributed by atoms with Gasteiger partial charge in [0.2, 0.25) is 0 Å². The maximum Gasteiger partial charge on any atom is 0.264 e. The van der Waals surface area contributed by atoms with Gasteiger partial charge in [-0.05, 0) is 61.0 Å². The highest BCUT2D eigenvalue weighted by atomic mass is 32.2. The summed E-state index contributed by atoms with van der Waals surface area (Å²) < 4.78 is 29.7. The number of benzene rings is 3. The van der Waals surface area contributed by atoms with E-state index in [1.807, 2.05) is 36.5 Å². The van der Waals surface area contributed by atoms with Gasteiger partial charge in [0, 0.05) is 30.2 Å². The third-order valence-corrected chi connectivity index (χ3v) is 7.00. The number of hydrogen-bond acceptors (Lipinski definition) is 4. The van der Waals surface area contributed by atoms with Gasteiger partial charge in [0.05, 0.1) is 17.1 Å². The third kappa shape index (κ3) is 5.12. The fraction of sp³-hybridized carbons (Fsp3) is 0.120. The van der Waals surface area contributed by atoms with Gasteiger partial charge in [0.25, 0.3) is 15.9 Å². The normalized spacial score (nSPS) is 11.2. The molecule has 0 radical (unpaired) electrons. The Morgan fingerprint density at radius 2 is 1.76 bits per heavy atom. The molecule has 168 valence electrons. The van der Waals surface area contributed by atoms with E-state index in [2.05, 4.69) is 10.4 Å². The minimum absolute atomic E-state index is 0.0632. The van der Waals surface area contributed by atoms with Crippen LogP contribution in [0.5, 0.6) is 0 Å². The minimum Gasteiger partial charge on any atom is -0.322 e. The lowest BCUT2D eigenvalue weighted by Gasteiger charge is -2.23. The van der Waals surface area contributed by atoms with Crippen LogP contribution in [0.1, 0.15) is 22.8 Å². The quantitative estimate of drug-likeness (QED) is 0.422. The molecule has 0 bridgehead atoms. The van der Waals surface area contributed by atoms with Crippen LogP contribution in [0, 0.1) is 0 Å². The van der Waals surface area contributed by atoms with E-state index in [4.69, 9.17) is 0 Å². The fourth-order valence-electron chi connectivity index (χ4n) is 3.54. The lowest BCUT2D eigenvalue weighted by Crippen LogP contribution is -2.30. The van der Waals surface area contributed by atoms with Crippen LogP contribution in [0.3, 0.4) is 0 Å². The molecule has 0 spiro atoms. The molecule has 1 amide bonds. The Morgan fingerprint density at radius 3 is 2.48 bits per heavy atom. The fourth-order valence-corrected chi connectivity index (χ4v) is 5.06. The summed E-state index contributed by atoms with van der Waals surface area (Å²) in [6, 6.07) is 24.3. The van der Waals surface area contributed by atoms with Gasteiger partial charge in [0.1, 0.15) is 0 Å². The molecule has 0 aliphatic rings. The van der Waals surface area contributed by atoms with Crippen LogP contribution in [0.4, 0.5) is 11.4 Å². The Hall–Kier alpha value is -3.91. The molecule has 4 aromatic rings. The van der Waals surface area contributed by atoms with Crippen LogP contribution < -0.4 is 9.62 Å². The van der Waals surface area contributed by atoms with Gasteiger partial charge in [-0.2, -0.15) is 5.10 Å². The monoisotopic (exact) mass is 460 g/mol. The van der Waals surface area contributed by atoms with Crippen LogP contribution in [0.2, 0.25) is 0 Å². The van der Waals surface area contributed by atoms with Crippen molar-refractivity contribution in [2.24, 2.45) is 0 Å². The van der Waals surface area contributed by atoms with Crippen LogP contribution >= 0.6 is 0 Å². The molecular formula is C25H24N4O3S. The second kappa shape index (κ2) is 9.70. The lowest BCUT2D eigenvalue weighted by molar-refractivity contribution is 0.102. The number of sulfonamides is 1. The van der Waals surface area contributed by atoms with Gasteiger partial charge < -0.3 is 5.32 Å². The Labute approximate surface area is 193 Å². The number of rotatable bonds is 8. The van der Waals surface area contributed by atoms with E-state index in [0.29, 0.717) is 17.9 Å². The number of amides is 1. The topological polar surface area (TPSA) is 84.3 Å². The first-order valence-corrected chi connectivity index (χ1v) is 12.0. The largest absolute Gasteiger partial charge is 0.322 e. The van der Waals surface area contributed by atoms with Gasteiger partial charge in [-0.3, -0.25) is 13.8 Å². The van der Waals surface area contributed by atoms with Crippen molar-refractivity contribution in [1.82, 2.24) is 9.78 Å². The Bertz CT molecular complexity index is 1340. The predicted octanol–water partition coefficient (Wildman–Crippen LogP) is 4.40. The van der Waals surface area contributed by atoms with Crippen molar-refractivity contribution in [3.63, 3.8) is 0 Å². The van der Waals surface area contributed by atoms with E-state index in [1.54, 1.807) is 60.3 Å². The second-order valence-electron chi connectivity index (χ2n) is 7.39. The summed E-state index contributed by atoms with van der Waals surface area (Å²) in [5, 5.41) is 7.05. The van der Waals surface area contributed by atoms with E-state index in [0.717, 1.165) is 5.56 Å². The molecule has 0 aliphatic heterocycles. The molecule has 0 fully saturated rings. The predicted molar refractivity (Wildman–Crippen MR) is 129 cm³/mol. The number of para-hydroxylation sites is 1. The minimum atomic E-state index is -3.83. The summed E-state index contributed by atoms with van der Waals surface area (Å²) in [6.45, 7) is 2.62. The SMILES string of the molecule is CCN(c1ccccc1)S(=O)(=O)c1cccc(C(=O)Nc2cccc(Cn3cccn3)c2)c1. The van der Waals surface area contributed by atoms with Crippen molar-refractivity contribution in [2.45, 2.75) is 18.4 Å². The highest BCUT2D eigenvalue weighted by molar-refractivity contribution is 7.92. The number of carbonyl (C=O) groups is 1. The van der Waals surface area contributed by atoms with E-state index in [1.165, 1.54) is 16.4 Å². The van der Waals surface area contributed by atoms with E-state index in [-0.39, 0.29) is 22.9 Å². The standard InChI is InChI=1S/C25H24N4O3S/c1-2-29(23-12-4-3-5-13-23)33(31,32)24-14-7-10-21(18-24)25(30)27-22-11-6-9-20(17-22)19-28-16-8-15-26-28/h3-18H,2,19H2,1H3,(H,27,30). The maximum atomic E-state index is 13.3. The molecule has 1 aromatic heterocycles. The van der Waals surface area contributed by atoms with Crippen molar-refractivity contribution in [3.8, 4) is 0 Å². The summed E-state index contributed by atoms with van der Waals surface area (Å²) in [5.74, 6) is -0.383. The van der Waals surface area contributed by atoms with Crippen molar-refractivity contribution >= 4 is 27.3 Å². The summed E-state index contributed by atoms with van der Waals surface area (Å²) in [7, 11) is -3.83. The van der Waals surface area contributed by atoms with Crippen molar-refractivity contribution < 1.29 is 13.2 Å². The number of nitrogens with one attached hydrogen (secondary N) is 1. The molecule has 0 unspecified atom stereocenters. The number of carbonyl (C=O) groups excluding carboxylic acids is 1. The van der Waals surface area contributed by atoms with Crippen LogP contribution in [-0.2, 0) is 16.6 Å². The summed E-state index contributed by atoms with van der Waals surface area (Å²) >= 11 is 0. The molecule has 8 heteroatoms. The molecule has 7 nitrogen and oxygen atoms in total. The number of hydrogen-bond donors (Lipinski definition) is 1. The molecular weight excluding hydrogens is 436 g/mol. The van der Waals surface area contributed by atoms with Gasteiger partial charge in [-0.15, -0.1) is 0 Å². The first kappa shape index (κ1) is 22.3. The molecule has 1 heterocycles. The van der Waals surface area contributed by atoms with Gasteiger partial charge in [-0.1, -0.05) is 36.4 Å². The first-order valence-electron chi connectivity index (χ1n) is 10.5. The lowest BCUT2D eigenvalue weighted by atomic mass is 10.1.